The predicted octanol–water partition coefficient (Wildman–Crippen LogP) is 7.34. The monoisotopic (exact) mass is 420 g/mol. The molecule has 1 N–H and O–H groups in total. The first-order valence-electron chi connectivity index (χ1n) is 12.1. The molecule has 3 aromatic carbocycles. The Morgan fingerprint density at radius 2 is 1.72 bits per heavy atom. The Kier molecular flexibility index (Phi) is 6.31. The second kappa shape index (κ2) is 9.67. The quantitative estimate of drug-likeness (QED) is 0.353. The Labute approximate surface area is 191 Å². The number of aromatic nitrogens is 1. The first-order chi connectivity index (χ1) is 15.8. The van der Waals surface area contributed by atoms with E-state index in [4.69, 9.17) is 4.98 Å². The van der Waals surface area contributed by atoms with Gasteiger partial charge in [-0.05, 0) is 85.5 Å². The third-order valence-electron chi connectivity index (χ3n) is 6.91. The van der Waals surface area contributed by atoms with Crippen LogP contribution >= 0.6 is 0 Å². The van der Waals surface area contributed by atoms with Crippen LogP contribution in [0.5, 0.6) is 0 Å². The van der Waals surface area contributed by atoms with Gasteiger partial charge in [0.1, 0.15) is 0 Å². The molecule has 0 saturated carbocycles. The molecule has 2 heterocycles. The molecule has 1 aromatic heterocycles. The minimum Gasteiger partial charge on any atom is -0.314 e. The van der Waals surface area contributed by atoms with Gasteiger partial charge in [0.25, 0.3) is 0 Å². The van der Waals surface area contributed by atoms with E-state index in [1.807, 2.05) is 0 Å². The number of fused-ring (bicyclic) bond motifs is 1. The Morgan fingerprint density at radius 3 is 2.53 bits per heavy atom. The molecule has 2 nitrogen and oxygen atoms in total. The minimum atomic E-state index is 0.680. The van der Waals surface area contributed by atoms with Crippen molar-refractivity contribution < 1.29 is 0 Å². The summed E-state index contributed by atoms with van der Waals surface area (Å²) >= 11 is 0. The second-order valence-electron chi connectivity index (χ2n) is 9.10. The molecule has 1 fully saturated rings. The van der Waals surface area contributed by atoms with E-state index in [2.05, 4.69) is 91.2 Å². The van der Waals surface area contributed by atoms with Crippen LogP contribution in [0.4, 0.5) is 0 Å². The van der Waals surface area contributed by atoms with Gasteiger partial charge in [-0.15, -0.1) is 0 Å². The SMILES string of the molecule is Cc1ccccc1-c1ccc2ncc(-c3ccccc3)c(CCCC3CCCCN3)c2c1. The molecule has 162 valence electrons. The number of pyridine rings is 1. The van der Waals surface area contributed by atoms with Crippen molar-refractivity contribution in [3.05, 3.63) is 90.1 Å². The zero-order valence-corrected chi connectivity index (χ0v) is 19.0. The van der Waals surface area contributed by atoms with Crippen LogP contribution < -0.4 is 5.32 Å². The lowest BCUT2D eigenvalue weighted by Crippen LogP contribution is -2.33. The highest BCUT2D eigenvalue weighted by Crippen LogP contribution is 2.34. The Balaban J connectivity index is 1.55. The summed E-state index contributed by atoms with van der Waals surface area (Å²) < 4.78 is 0. The number of hydrogen-bond acceptors (Lipinski definition) is 2. The van der Waals surface area contributed by atoms with Gasteiger partial charge in [0, 0.05) is 23.2 Å². The summed E-state index contributed by atoms with van der Waals surface area (Å²) in [5, 5.41) is 5.01. The van der Waals surface area contributed by atoms with E-state index >= 15 is 0 Å². The molecule has 0 amide bonds. The zero-order chi connectivity index (χ0) is 21.8. The van der Waals surface area contributed by atoms with Crippen LogP contribution in [0.15, 0.2) is 79.0 Å². The van der Waals surface area contributed by atoms with Crippen LogP contribution in [0, 0.1) is 6.92 Å². The standard InChI is InChI=1S/C30H32N2/c1-22-10-5-6-15-26(22)24-17-18-30-28(20-24)27(16-9-14-25-13-7-8-19-31-25)29(21-32-30)23-11-3-2-4-12-23/h2-6,10-12,15,17-18,20-21,25,31H,7-9,13-14,16,19H2,1H3. The van der Waals surface area contributed by atoms with Gasteiger partial charge in [-0.1, -0.05) is 67.1 Å². The van der Waals surface area contributed by atoms with Crippen LogP contribution in [0.1, 0.15) is 43.2 Å². The average Bonchev–Trinajstić information content (AvgIpc) is 2.85. The van der Waals surface area contributed by atoms with Crippen LogP contribution in [0.3, 0.4) is 0 Å². The number of piperidine rings is 1. The molecule has 32 heavy (non-hydrogen) atoms. The van der Waals surface area contributed by atoms with Crippen molar-refractivity contribution >= 4 is 10.9 Å². The molecule has 1 saturated heterocycles. The van der Waals surface area contributed by atoms with Crippen molar-refractivity contribution in [2.45, 2.75) is 51.5 Å². The van der Waals surface area contributed by atoms with Crippen molar-refractivity contribution in [3.63, 3.8) is 0 Å². The molecular formula is C30H32N2. The van der Waals surface area contributed by atoms with Crippen LogP contribution in [-0.2, 0) is 6.42 Å². The van der Waals surface area contributed by atoms with Crippen molar-refractivity contribution in [2.75, 3.05) is 6.54 Å². The van der Waals surface area contributed by atoms with Gasteiger partial charge < -0.3 is 5.32 Å². The van der Waals surface area contributed by atoms with Crippen LogP contribution in [-0.4, -0.2) is 17.6 Å². The molecule has 4 aromatic rings. The second-order valence-corrected chi connectivity index (χ2v) is 9.10. The molecule has 2 heteroatoms. The van der Waals surface area contributed by atoms with Crippen LogP contribution in [0.2, 0.25) is 0 Å². The molecule has 1 aliphatic heterocycles. The van der Waals surface area contributed by atoms with Gasteiger partial charge in [0.05, 0.1) is 5.52 Å². The third-order valence-corrected chi connectivity index (χ3v) is 6.91. The van der Waals surface area contributed by atoms with Crippen molar-refractivity contribution in [3.8, 4) is 22.3 Å². The highest BCUT2D eigenvalue weighted by Gasteiger charge is 2.15. The van der Waals surface area contributed by atoms with Crippen molar-refractivity contribution in [1.82, 2.24) is 10.3 Å². The maximum atomic E-state index is 4.86. The first kappa shape index (κ1) is 20.9. The lowest BCUT2D eigenvalue weighted by Gasteiger charge is -2.23. The molecule has 0 spiro atoms. The number of nitrogens with zero attached hydrogens (tertiary/aromatic N) is 1. The van der Waals surface area contributed by atoms with Crippen molar-refractivity contribution in [1.29, 1.82) is 0 Å². The molecule has 1 aliphatic rings. The number of hydrogen-bond donors (Lipinski definition) is 1. The van der Waals surface area contributed by atoms with Gasteiger partial charge >= 0.3 is 0 Å². The number of aryl methyl sites for hydroxylation is 2. The van der Waals surface area contributed by atoms with Crippen LogP contribution in [0.25, 0.3) is 33.2 Å². The Morgan fingerprint density at radius 1 is 0.875 bits per heavy atom. The van der Waals surface area contributed by atoms with Gasteiger partial charge in [-0.25, -0.2) is 0 Å². The van der Waals surface area contributed by atoms with E-state index in [9.17, 15) is 0 Å². The van der Waals surface area contributed by atoms with E-state index in [-0.39, 0.29) is 0 Å². The molecule has 0 aliphatic carbocycles. The first-order valence-corrected chi connectivity index (χ1v) is 12.1. The molecule has 5 rings (SSSR count). The topological polar surface area (TPSA) is 24.9 Å². The maximum absolute atomic E-state index is 4.86. The largest absolute Gasteiger partial charge is 0.314 e. The predicted molar refractivity (Wildman–Crippen MR) is 136 cm³/mol. The summed E-state index contributed by atoms with van der Waals surface area (Å²) in [7, 11) is 0. The van der Waals surface area contributed by atoms with Gasteiger partial charge in [0.2, 0.25) is 0 Å². The number of rotatable bonds is 6. The summed E-state index contributed by atoms with van der Waals surface area (Å²) in [5.74, 6) is 0. The summed E-state index contributed by atoms with van der Waals surface area (Å²) in [6.45, 7) is 3.37. The highest BCUT2D eigenvalue weighted by molar-refractivity contribution is 5.92. The van der Waals surface area contributed by atoms with E-state index in [0.29, 0.717) is 6.04 Å². The minimum absolute atomic E-state index is 0.680. The summed E-state index contributed by atoms with van der Waals surface area (Å²) in [6.07, 6.45) is 9.62. The van der Waals surface area contributed by atoms with Gasteiger partial charge in [-0.2, -0.15) is 0 Å². The molecule has 0 bridgehead atoms. The van der Waals surface area contributed by atoms with Crippen molar-refractivity contribution in [2.24, 2.45) is 0 Å². The Hall–Kier alpha value is -2.97. The third kappa shape index (κ3) is 4.47. The smallest absolute Gasteiger partial charge is 0.0705 e. The zero-order valence-electron chi connectivity index (χ0n) is 19.0. The highest BCUT2D eigenvalue weighted by atomic mass is 14.9. The fraction of sp³-hybridized carbons (Fsp3) is 0.300. The molecule has 1 atom stereocenters. The molecule has 0 radical (unpaired) electrons. The van der Waals surface area contributed by atoms with Gasteiger partial charge in [0.15, 0.2) is 0 Å². The number of benzene rings is 3. The summed E-state index contributed by atoms with van der Waals surface area (Å²) in [6, 6.07) is 26.9. The average molecular weight is 421 g/mol. The molecule has 1 unspecified atom stereocenters. The fourth-order valence-corrected chi connectivity index (χ4v) is 5.14. The summed E-state index contributed by atoms with van der Waals surface area (Å²) in [5.41, 5.74) is 8.95. The van der Waals surface area contributed by atoms with E-state index < -0.39 is 0 Å². The molecular weight excluding hydrogens is 388 g/mol. The number of nitrogens with one attached hydrogen (secondary N) is 1. The van der Waals surface area contributed by atoms with E-state index in [1.165, 1.54) is 77.4 Å². The normalized spacial score (nSPS) is 16.3. The summed E-state index contributed by atoms with van der Waals surface area (Å²) in [4.78, 5) is 4.86. The van der Waals surface area contributed by atoms with Gasteiger partial charge in [-0.3, -0.25) is 4.98 Å². The van der Waals surface area contributed by atoms with E-state index in [0.717, 1.165) is 11.9 Å². The fourth-order valence-electron chi connectivity index (χ4n) is 5.14. The maximum Gasteiger partial charge on any atom is 0.0705 e. The lowest BCUT2D eigenvalue weighted by atomic mass is 9.90. The Bertz CT molecular complexity index is 1190. The van der Waals surface area contributed by atoms with E-state index in [1.54, 1.807) is 0 Å². The lowest BCUT2D eigenvalue weighted by molar-refractivity contribution is 0.376.